The van der Waals surface area contributed by atoms with Gasteiger partial charge in [0.05, 0.1) is 12.1 Å². The van der Waals surface area contributed by atoms with Crippen LogP contribution in [-0.2, 0) is 14.3 Å². The molecule has 0 saturated carbocycles. The fourth-order valence-electron chi connectivity index (χ4n) is 3.99. The summed E-state index contributed by atoms with van der Waals surface area (Å²) in [6.45, 7) is 11.6. The highest BCUT2D eigenvalue weighted by Gasteiger charge is 2.33. The molecule has 37 heavy (non-hydrogen) atoms. The van der Waals surface area contributed by atoms with Gasteiger partial charge in [-0.15, -0.1) is 21.5 Å². The summed E-state index contributed by atoms with van der Waals surface area (Å²) in [6, 6.07) is 6.92. The number of amides is 1. The third kappa shape index (κ3) is 5.48. The molecule has 0 radical (unpaired) electrons. The zero-order chi connectivity index (χ0) is 27.1. The van der Waals surface area contributed by atoms with Crippen molar-refractivity contribution in [2.24, 2.45) is 10.8 Å². The quantitative estimate of drug-likeness (QED) is 0.186. The van der Waals surface area contributed by atoms with Gasteiger partial charge in [-0.05, 0) is 59.2 Å². The lowest BCUT2D eigenvalue weighted by Gasteiger charge is -2.21. The number of benzene rings is 1. The maximum absolute atomic E-state index is 12.8. The summed E-state index contributed by atoms with van der Waals surface area (Å²) in [5, 5.41) is 10.6. The number of hydrogen-bond donors (Lipinski definition) is 1. The molecule has 9 nitrogen and oxygen atoms in total. The fourth-order valence-corrected chi connectivity index (χ4v) is 5.20. The first-order valence-corrected chi connectivity index (χ1v) is 12.6. The molecular formula is C27H30N6O3S. The molecule has 10 heteroatoms. The molecule has 0 bridgehead atoms. The number of nitrogens with two attached hydrogens (primary N) is 1. The largest absolute Gasteiger partial charge is 0.460 e. The van der Waals surface area contributed by atoms with Crippen LogP contribution < -0.4 is 5.84 Å². The van der Waals surface area contributed by atoms with Crippen molar-refractivity contribution in [1.29, 1.82) is 0 Å². The van der Waals surface area contributed by atoms with Crippen LogP contribution in [0.2, 0.25) is 0 Å². The Bertz CT molecular complexity index is 1460. The highest BCUT2D eigenvalue weighted by Crippen LogP contribution is 2.39. The molecule has 2 aromatic heterocycles. The number of aromatic nitrogens is 3. The minimum Gasteiger partial charge on any atom is -0.460 e. The molecule has 1 aliphatic heterocycles. The van der Waals surface area contributed by atoms with Gasteiger partial charge in [-0.1, -0.05) is 18.1 Å². The minimum atomic E-state index is -0.610. The summed E-state index contributed by atoms with van der Waals surface area (Å²) < 4.78 is 7.61. The normalized spacial score (nSPS) is 14.5. The van der Waals surface area contributed by atoms with Gasteiger partial charge in [-0.2, -0.15) is 0 Å². The Morgan fingerprint density at radius 2 is 1.84 bits per heavy atom. The van der Waals surface area contributed by atoms with Gasteiger partial charge in [0, 0.05) is 34.5 Å². The van der Waals surface area contributed by atoms with Crippen LogP contribution in [0.3, 0.4) is 0 Å². The van der Waals surface area contributed by atoms with Crippen molar-refractivity contribution in [2.75, 3.05) is 7.05 Å². The number of esters is 1. The highest BCUT2D eigenvalue weighted by atomic mass is 32.1. The predicted molar refractivity (Wildman–Crippen MR) is 143 cm³/mol. The number of carbonyl (C=O) groups is 2. The Balaban J connectivity index is 1.83. The third-order valence-electron chi connectivity index (χ3n) is 5.81. The van der Waals surface area contributed by atoms with E-state index in [0.29, 0.717) is 11.4 Å². The number of nitrogens with zero attached hydrogens (tertiary/aromatic N) is 5. The summed E-state index contributed by atoms with van der Waals surface area (Å²) in [4.78, 5) is 30.8. The van der Waals surface area contributed by atoms with Gasteiger partial charge < -0.3 is 4.74 Å². The van der Waals surface area contributed by atoms with E-state index in [1.54, 1.807) is 11.3 Å². The van der Waals surface area contributed by atoms with Crippen molar-refractivity contribution >= 4 is 28.9 Å². The van der Waals surface area contributed by atoms with Crippen LogP contribution in [0.25, 0.3) is 5.00 Å². The van der Waals surface area contributed by atoms with Crippen LogP contribution in [0.4, 0.5) is 0 Å². The average Bonchev–Trinajstić information content (AvgIpc) is 3.28. The van der Waals surface area contributed by atoms with Crippen LogP contribution in [-0.4, -0.2) is 50.0 Å². The minimum absolute atomic E-state index is 0.0319. The Morgan fingerprint density at radius 1 is 1.16 bits per heavy atom. The molecule has 192 valence electrons. The third-order valence-corrected chi connectivity index (χ3v) is 7.00. The second-order valence-corrected chi connectivity index (χ2v) is 11.1. The van der Waals surface area contributed by atoms with E-state index < -0.39 is 17.6 Å². The van der Waals surface area contributed by atoms with Gasteiger partial charge in [-0.25, -0.2) is 5.84 Å². The Kier molecular flexibility index (Phi) is 7.04. The van der Waals surface area contributed by atoms with Gasteiger partial charge in [-0.3, -0.25) is 24.2 Å². The first-order valence-electron chi connectivity index (χ1n) is 11.8. The molecule has 0 unspecified atom stereocenters. The van der Waals surface area contributed by atoms with E-state index in [1.165, 1.54) is 7.05 Å². The molecule has 1 aliphatic rings. The van der Waals surface area contributed by atoms with Gasteiger partial charge in [0.2, 0.25) is 0 Å². The lowest BCUT2D eigenvalue weighted by molar-refractivity contribution is -0.155. The molecule has 0 aliphatic carbocycles. The van der Waals surface area contributed by atoms with Crippen LogP contribution in [0, 0.1) is 32.6 Å². The molecule has 4 rings (SSSR count). The second kappa shape index (κ2) is 9.92. The van der Waals surface area contributed by atoms with Crippen molar-refractivity contribution < 1.29 is 14.3 Å². The second-order valence-electron chi connectivity index (χ2n) is 9.93. The van der Waals surface area contributed by atoms with Gasteiger partial charge in [0.25, 0.3) is 0 Å². The van der Waals surface area contributed by atoms with Crippen molar-refractivity contribution in [3.8, 4) is 16.8 Å². The zero-order valence-corrected chi connectivity index (χ0v) is 22.9. The fraction of sp³-hybridized carbons (Fsp3) is 0.370. The molecular weight excluding hydrogens is 488 g/mol. The van der Waals surface area contributed by atoms with Gasteiger partial charge >= 0.3 is 11.9 Å². The Morgan fingerprint density at radius 3 is 2.46 bits per heavy atom. The first-order chi connectivity index (χ1) is 17.4. The van der Waals surface area contributed by atoms with E-state index in [-0.39, 0.29) is 12.4 Å². The van der Waals surface area contributed by atoms with E-state index in [1.807, 2.05) is 56.5 Å². The smallest absolute Gasteiger partial charge is 0.312 e. The van der Waals surface area contributed by atoms with Gasteiger partial charge in [0.1, 0.15) is 22.5 Å². The van der Waals surface area contributed by atoms with E-state index in [4.69, 9.17) is 15.6 Å². The van der Waals surface area contributed by atoms with E-state index >= 15 is 0 Å². The lowest BCUT2D eigenvalue weighted by atomic mass is 9.98. The number of aliphatic imine (C=N–C) groups is 1. The molecule has 1 atom stereocenters. The van der Waals surface area contributed by atoms with E-state index in [9.17, 15) is 9.59 Å². The zero-order valence-electron chi connectivity index (χ0n) is 22.0. The number of ether oxygens (including phenoxy) is 1. The number of hydrazine groups is 1. The summed E-state index contributed by atoms with van der Waals surface area (Å²) in [5.74, 6) is 11.3. The number of aryl methyl sites for hydroxylation is 2. The monoisotopic (exact) mass is 518 g/mol. The predicted octanol–water partition coefficient (Wildman–Crippen LogP) is 3.56. The van der Waals surface area contributed by atoms with Crippen LogP contribution >= 0.6 is 11.3 Å². The number of rotatable bonds is 3. The van der Waals surface area contributed by atoms with E-state index in [2.05, 4.69) is 35.9 Å². The number of carbonyl (C=O) groups excluding carboxylic acids is 2. The standard InChI is InChI=1S/C27H30N6O3S/c1-15-16(2)37-26-23(15)24(19-11-8-18(9-12-19)10-13-21(34)32(7)28)29-20(14-22(35)36-27(4,5)6)25-31-30-17(3)33(25)26/h8-9,11-12,20H,14,28H2,1-7H3/t20-/m0/s1. The van der Waals surface area contributed by atoms with Crippen LogP contribution in [0.15, 0.2) is 29.3 Å². The molecule has 1 aromatic carbocycles. The maximum atomic E-state index is 12.8. The van der Waals surface area contributed by atoms with Gasteiger partial charge in [0.15, 0.2) is 5.82 Å². The molecule has 0 fully saturated rings. The molecule has 0 saturated heterocycles. The topological polar surface area (TPSA) is 116 Å². The summed E-state index contributed by atoms with van der Waals surface area (Å²) in [5.41, 5.74) is 3.77. The Labute approximate surface area is 220 Å². The Hall–Kier alpha value is -3.81. The molecule has 2 N–H and O–H groups in total. The first kappa shape index (κ1) is 26.3. The molecule has 3 heterocycles. The van der Waals surface area contributed by atoms with Crippen LogP contribution in [0.5, 0.6) is 0 Å². The SMILES string of the molecule is Cc1sc2c(c1C)C(c1ccc(C#CC(=O)N(C)N)cc1)=N[C@@H](CC(=O)OC(C)(C)C)c1nnc(C)n1-2. The maximum Gasteiger partial charge on any atom is 0.312 e. The number of hydrogen-bond acceptors (Lipinski definition) is 8. The van der Waals surface area contributed by atoms with Crippen molar-refractivity contribution in [1.82, 2.24) is 19.8 Å². The summed E-state index contributed by atoms with van der Waals surface area (Å²) >= 11 is 1.65. The highest BCUT2D eigenvalue weighted by molar-refractivity contribution is 7.15. The van der Waals surface area contributed by atoms with Crippen LogP contribution in [0.1, 0.15) is 72.0 Å². The number of fused-ring (bicyclic) bond motifs is 3. The van der Waals surface area contributed by atoms with Crippen molar-refractivity contribution in [3.63, 3.8) is 0 Å². The molecule has 0 spiro atoms. The molecule has 1 amide bonds. The summed E-state index contributed by atoms with van der Waals surface area (Å²) in [7, 11) is 1.45. The van der Waals surface area contributed by atoms with Crippen molar-refractivity contribution in [2.45, 2.75) is 59.6 Å². The molecule has 3 aromatic rings. The number of thiophene rings is 1. The lowest BCUT2D eigenvalue weighted by Crippen LogP contribution is -2.31. The summed E-state index contributed by atoms with van der Waals surface area (Å²) in [6.07, 6.45) is 0.0319. The van der Waals surface area contributed by atoms with Crippen molar-refractivity contribution in [3.05, 3.63) is 63.0 Å². The average molecular weight is 519 g/mol. The van der Waals surface area contributed by atoms with E-state index in [0.717, 1.165) is 43.1 Å².